The van der Waals surface area contributed by atoms with Crippen molar-refractivity contribution in [2.24, 2.45) is 0 Å². The van der Waals surface area contributed by atoms with Crippen LogP contribution < -0.4 is 4.90 Å². The van der Waals surface area contributed by atoms with Crippen molar-refractivity contribution < 1.29 is 0 Å². The SMILES string of the molecule is Cc1nc(-c2ccc(N3CCN(C(C)C)CC3)cc2)c2c(c1C)CC(CN1CCCC1)=C2. The summed E-state index contributed by atoms with van der Waals surface area (Å²) in [5.74, 6) is 0. The van der Waals surface area contributed by atoms with Gasteiger partial charge in [0, 0.05) is 61.3 Å². The van der Waals surface area contributed by atoms with Crippen LogP contribution in [-0.2, 0) is 6.42 Å². The number of aryl methyl sites for hydroxylation is 1. The second-order valence-corrected chi connectivity index (χ2v) is 10.2. The van der Waals surface area contributed by atoms with E-state index in [4.69, 9.17) is 4.98 Å². The average molecular weight is 431 g/mol. The third-order valence-electron chi connectivity index (χ3n) is 7.78. The van der Waals surface area contributed by atoms with E-state index in [1.807, 2.05) is 0 Å². The second-order valence-electron chi connectivity index (χ2n) is 10.2. The van der Waals surface area contributed by atoms with Crippen LogP contribution in [-0.4, -0.2) is 66.6 Å². The van der Waals surface area contributed by atoms with Crippen LogP contribution >= 0.6 is 0 Å². The first-order valence-corrected chi connectivity index (χ1v) is 12.5. The fraction of sp³-hybridized carbons (Fsp3) is 0.536. The molecule has 4 heteroatoms. The van der Waals surface area contributed by atoms with E-state index >= 15 is 0 Å². The maximum atomic E-state index is 5.07. The van der Waals surface area contributed by atoms with Crippen molar-refractivity contribution in [3.05, 3.63) is 52.2 Å². The largest absolute Gasteiger partial charge is 0.369 e. The second kappa shape index (κ2) is 8.99. The first-order valence-electron chi connectivity index (χ1n) is 12.5. The molecule has 0 radical (unpaired) electrons. The molecule has 0 bridgehead atoms. The number of aromatic nitrogens is 1. The highest BCUT2D eigenvalue weighted by molar-refractivity contribution is 5.80. The number of pyridine rings is 1. The van der Waals surface area contributed by atoms with E-state index in [1.54, 1.807) is 5.57 Å². The molecule has 1 aromatic carbocycles. The normalized spacial score (nSPS) is 19.7. The van der Waals surface area contributed by atoms with Crippen molar-refractivity contribution in [2.45, 2.75) is 53.0 Å². The van der Waals surface area contributed by atoms with Crippen molar-refractivity contribution in [1.82, 2.24) is 14.8 Å². The molecule has 4 nitrogen and oxygen atoms in total. The number of likely N-dealkylation sites (tertiary alicyclic amines) is 1. The number of piperazine rings is 1. The van der Waals surface area contributed by atoms with Crippen LogP contribution in [0.3, 0.4) is 0 Å². The maximum absolute atomic E-state index is 5.07. The molecule has 1 aromatic heterocycles. The van der Waals surface area contributed by atoms with Crippen molar-refractivity contribution in [3.8, 4) is 11.3 Å². The number of anilines is 1. The molecule has 0 atom stereocenters. The number of nitrogens with zero attached hydrogens (tertiary/aromatic N) is 4. The van der Waals surface area contributed by atoms with Crippen molar-refractivity contribution in [1.29, 1.82) is 0 Å². The molecule has 0 amide bonds. The summed E-state index contributed by atoms with van der Waals surface area (Å²) in [6.07, 6.45) is 6.24. The minimum absolute atomic E-state index is 0.640. The van der Waals surface area contributed by atoms with Crippen molar-refractivity contribution >= 4 is 11.8 Å². The lowest BCUT2D eigenvalue weighted by molar-refractivity contribution is 0.209. The van der Waals surface area contributed by atoms with Gasteiger partial charge in [-0.1, -0.05) is 23.8 Å². The average Bonchev–Trinajstić information content (AvgIpc) is 3.47. The Morgan fingerprint density at radius 3 is 2.25 bits per heavy atom. The third kappa shape index (κ3) is 4.23. The van der Waals surface area contributed by atoms with Gasteiger partial charge in [0.05, 0.1) is 5.69 Å². The van der Waals surface area contributed by atoms with Crippen LogP contribution in [0.5, 0.6) is 0 Å². The molecule has 0 spiro atoms. The molecule has 2 aliphatic heterocycles. The van der Waals surface area contributed by atoms with E-state index in [0.29, 0.717) is 6.04 Å². The molecular weight excluding hydrogens is 392 g/mol. The van der Waals surface area contributed by atoms with Crippen LogP contribution in [0.15, 0.2) is 29.8 Å². The molecule has 2 fully saturated rings. The van der Waals surface area contributed by atoms with Crippen LogP contribution in [0.25, 0.3) is 17.3 Å². The van der Waals surface area contributed by atoms with E-state index < -0.39 is 0 Å². The van der Waals surface area contributed by atoms with Gasteiger partial charge in [-0.15, -0.1) is 0 Å². The van der Waals surface area contributed by atoms with Gasteiger partial charge in [-0.05, 0) is 83.3 Å². The van der Waals surface area contributed by atoms with Gasteiger partial charge >= 0.3 is 0 Å². The summed E-state index contributed by atoms with van der Waals surface area (Å²) in [5, 5.41) is 0. The Kier molecular flexibility index (Phi) is 6.09. The molecule has 3 aliphatic rings. The fourth-order valence-electron chi connectivity index (χ4n) is 5.62. The molecule has 0 saturated carbocycles. The molecule has 0 unspecified atom stereocenters. The highest BCUT2D eigenvalue weighted by atomic mass is 15.3. The Bertz CT molecular complexity index is 991. The van der Waals surface area contributed by atoms with E-state index in [-0.39, 0.29) is 0 Å². The summed E-state index contributed by atoms with van der Waals surface area (Å²) in [6, 6.07) is 9.81. The van der Waals surface area contributed by atoms with Crippen LogP contribution in [0.4, 0.5) is 5.69 Å². The van der Waals surface area contributed by atoms with E-state index in [9.17, 15) is 0 Å². The fourth-order valence-corrected chi connectivity index (χ4v) is 5.62. The van der Waals surface area contributed by atoms with Gasteiger partial charge in [0.15, 0.2) is 0 Å². The molecule has 2 aromatic rings. The van der Waals surface area contributed by atoms with Crippen LogP contribution in [0, 0.1) is 13.8 Å². The molecule has 1 aliphatic carbocycles. The summed E-state index contributed by atoms with van der Waals surface area (Å²) >= 11 is 0. The van der Waals surface area contributed by atoms with Gasteiger partial charge < -0.3 is 4.90 Å². The van der Waals surface area contributed by atoms with E-state index in [2.05, 4.69) is 72.7 Å². The third-order valence-corrected chi connectivity index (χ3v) is 7.78. The minimum Gasteiger partial charge on any atom is -0.369 e. The Labute approximate surface area is 193 Å². The summed E-state index contributed by atoms with van der Waals surface area (Å²) in [7, 11) is 0. The lowest BCUT2D eigenvalue weighted by Crippen LogP contribution is -2.48. The number of rotatable bonds is 5. The summed E-state index contributed by atoms with van der Waals surface area (Å²) in [6.45, 7) is 17.1. The van der Waals surface area contributed by atoms with Crippen molar-refractivity contribution in [3.63, 3.8) is 0 Å². The highest BCUT2D eigenvalue weighted by Crippen LogP contribution is 2.37. The first kappa shape index (κ1) is 21.7. The molecular formula is C28H38N4. The van der Waals surface area contributed by atoms with Gasteiger partial charge in [-0.25, -0.2) is 0 Å². The predicted octanol–water partition coefficient (Wildman–Crippen LogP) is 4.93. The lowest BCUT2D eigenvalue weighted by Gasteiger charge is -2.38. The zero-order valence-electron chi connectivity index (χ0n) is 20.3. The molecule has 2 saturated heterocycles. The Morgan fingerprint density at radius 1 is 0.906 bits per heavy atom. The minimum atomic E-state index is 0.640. The smallest absolute Gasteiger partial charge is 0.0780 e. The molecule has 5 rings (SSSR count). The van der Waals surface area contributed by atoms with Crippen LogP contribution in [0.1, 0.15) is 49.1 Å². The van der Waals surface area contributed by atoms with E-state index in [1.165, 1.54) is 59.6 Å². The molecule has 3 heterocycles. The van der Waals surface area contributed by atoms with Gasteiger partial charge in [-0.2, -0.15) is 0 Å². The van der Waals surface area contributed by atoms with E-state index in [0.717, 1.165) is 44.8 Å². The Hall–Kier alpha value is -2.17. The quantitative estimate of drug-likeness (QED) is 0.671. The zero-order chi connectivity index (χ0) is 22.2. The van der Waals surface area contributed by atoms with Gasteiger partial charge in [0.1, 0.15) is 0 Å². The van der Waals surface area contributed by atoms with Gasteiger partial charge in [0.2, 0.25) is 0 Å². The summed E-state index contributed by atoms with van der Waals surface area (Å²) in [5.41, 5.74) is 10.7. The number of hydrogen-bond acceptors (Lipinski definition) is 4. The number of hydrogen-bond donors (Lipinski definition) is 0. The highest BCUT2D eigenvalue weighted by Gasteiger charge is 2.24. The Balaban J connectivity index is 1.38. The predicted molar refractivity (Wildman–Crippen MR) is 135 cm³/mol. The van der Waals surface area contributed by atoms with Gasteiger partial charge in [-0.3, -0.25) is 14.8 Å². The topological polar surface area (TPSA) is 22.6 Å². The monoisotopic (exact) mass is 430 g/mol. The summed E-state index contributed by atoms with van der Waals surface area (Å²) < 4.78 is 0. The molecule has 170 valence electrons. The van der Waals surface area contributed by atoms with Crippen molar-refractivity contribution in [2.75, 3.05) is 50.7 Å². The molecule has 0 N–H and O–H groups in total. The lowest BCUT2D eigenvalue weighted by atomic mass is 9.97. The zero-order valence-corrected chi connectivity index (χ0v) is 20.3. The first-order chi connectivity index (χ1) is 15.5. The molecule has 32 heavy (non-hydrogen) atoms. The number of fused-ring (bicyclic) bond motifs is 1. The van der Waals surface area contributed by atoms with Gasteiger partial charge in [0.25, 0.3) is 0 Å². The Morgan fingerprint density at radius 2 is 1.59 bits per heavy atom. The maximum Gasteiger partial charge on any atom is 0.0780 e. The number of benzene rings is 1. The standard InChI is InChI=1S/C28H38N4/c1-20(2)31-13-15-32(16-14-31)25-9-7-24(8-10-25)28-27-18-23(19-30-11-5-6-12-30)17-26(27)21(3)22(4)29-28/h7-10,18,20H,5-6,11-17,19H2,1-4H3. The summed E-state index contributed by atoms with van der Waals surface area (Å²) in [4.78, 5) is 12.8. The van der Waals surface area contributed by atoms with Crippen LogP contribution in [0.2, 0.25) is 0 Å².